The number of aromatic nitrogens is 1. The van der Waals surface area contributed by atoms with Crippen LogP contribution in [0, 0.1) is 6.92 Å². The van der Waals surface area contributed by atoms with Gasteiger partial charge < -0.3 is 10.1 Å². The van der Waals surface area contributed by atoms with Crippen LogP contribution in [0.3, 0.4) is 0 Å². The third kappa shape index (κ3) is 3.35. The Hall–Kier alpha value is -1.21. The van der Waals surface area contributed by atoms with Gasteiger partial charge in [-0.25, -0.2) is 0 Å². The molecule has 2 aliphatic heterocycles. The van der Waals surface area contributed by atoms with Crippen molar-refractivity contribution in [3.05, 3.63) is 29.6 Å². The van der Waals surface area contributed by atoms with E-state index in [-0.39, 0.29) is 11.6 Å². The summed E-state index contributed by atoms with van der Waals surface area (Å²) < 4.78 is 34.7. The number of aryl methyl sites for hydroxylation is 1. The van der Waals surface area contributed by atoms with E-state index in [1.807, 2.05) is 11.8 Å². The van der Waals surface area contributed by atoms with Gasteiger partial charge in [0.25, 0.3) is 5.91 Å². The number of hydrogen-bond donors (Lipinski definition) is 1. The van der Waals surface area contributed by atoms with E-state index in [0.717, 1.165) is 17.9 Å². The highest BCUT2D eigenvalue weighted by Crippen LogP contribution is 2.38. The molecule has 4 nitrogen and oxygen atoms in total. The quantitative estimate of drug-likeness (QED) is 0.918. The normalized spacial score (nSPS) is 28.0. The average molecular weight is 342 g/mol. The summed E-state index contributed by atoms with van der Waals surface area (Å²) in [6, 6.07) is 2.83. The van der Waals surface area contributed by atoms with Crippen molar-refractivity contribution in [2.75, 3.05) is 18.1 Å². The smallest absolute Gasteiger partial charge is 0.366 e. The van der Waals surface area contributed by atoms with Crippen molar-refractivity contribution in [3.63, 3.8) is 0 Å². The van der Waals surface area contributed by atoms with Crippen LogP contribution in [0.15, 0.2) is 18.3 Å². The number of alkyl halides is 2. The molecule has 0 aromatic carbocycles. The predicted octanol–water partition coefficient (Wildman–Crippen LogP) is 2.65. The Labute approximate surface area is 138 Å². The second-order valence-corrected chi connectivity index (χ2v) is 7.35. The summed E-state index contributed by atoms with van der Waals surface area (Å²) in [4.78, 5) is 15.8. The first-order valence-corrected chi connectivity index (χ1v) is 8.91. The summed E-state index contributed by atoms with van der Waals surface area (Å²) >= 11 is 1.81. The van der Waals surface area contributed by atoms with Crippen LogP contribution in [0.5, 0.6) is 0 Å². The number of halogens is 2. The number of rotatable bonds is 3. The van der Waals surface area contributed by atoms with E-state index in [9.17, 15) is 13.6 Å². The van der Waals surface area contributed by atoms with Gasteiger partial charge in [-0.3, -0.25) is 9.78 Å². The molecule has 0 aliphatic carbocycles. The van der Waals surface area contributed by atoms with Gasteiger partial charge in [-0.1, -0.05) is 6.07 Å². The van der Waals surface area contributed by atoms with Crippen molar-refractivity contribution in [3.8, 4) is 0 Å². The zero-order valence-corrected chi connectivity index (χ0v) is 13.8. The van der Waals surface area contributed by atoms with Crippen molar-refractivity contribution in [1.82, 2.24) is 10.3 Å². The van der Waals surface area contributed by atoms with Crippen LogP contribution in [0.1, 0.15) is 30.5 Å². The Balaban J connectivity index is 1.70. The molecular formula is C16H20F2N2O2S. The highest BCUT2D eigenvalue weighted by atomic mass is 32.2. The minimum Gasteiger partial charge on any atom is -0.374 e. The van der Waals surface area contributed by atoms with Gasteiger partial charge in [-0.15, -0.1) is 0 Å². The van der Waals surface area contributed by atoms with E-state index >= 15 is 0 Å². The molecule has 23 heavy (non-hydrogen) atoms. The number of hydrogen-bond acceptors (Lipinski definition) is 4. The largest absolute Gasteiger partial charge is 0.374 e. The van der Waals surface area contributed by atoms with Crippen LogP contribution in [0.4, 0.5) is 8.78 Å². The van der Waals surface area contributed by atoms with Gasteiger partial charge in [0.1, 0.15) is 5.69 Å². The van der Waals surface area contributed by atoms with Gasteiger partial charge >= 0.3 is 5.92 Å². The topological polar surface area (TPSA) is 51.2 Å². The fourth-order valence-corrected chi connectivity index (χ4v) is 4.59. The summed E-state index contributed by atoms with van der Waals surface area (Å²) in [7, 11) is 0. The number of ether oxygens (including phenoxy) is 1. The Morgan fingerprint density at radius 1 is 1.57 bits per heavy atom. The summed E-state index contributed by atoms with van der Waals surface area (Å²) in [5, 5.41) is 2.52. The Kier molecular flexibility index (Phi) is 4.60. The van der Waals surface area contributed by atoms with Gasteiger partial charge in [0.15, 0.2) is 0 Å². The third-order valence-electron chi connectivity index (χ3n) is 4.49. The van der Waals surface area contributed by atoms with Crippen LogP contribution in [-0.4, -0.2) is 40.6 Å². The van der Waals surface area contributed by atoms with Crippen molar-refractivity contribution >= 4 is 17.7 Å². The maximum Gasteiger partial charge on any atom is 0.366 e. The molecule has 1 N–H and O–H groups in total. The molecule has 2 saturated heterocycles. The van der Waals surface area contributed by atoms with E-state index in [4.69, 9.17) is 4.74 Å². The standard InChI is InChI=1S/C16H20F2N2O2S/c1-11-3-2-6-19-13(11)16(17,18)14(21)20-12-4-7-22-15(9-12)5-8-23-10-15/h2-3,6,12H,4-5,7-10H2,1H3,(H,20,21)/t12-,15+/m1/s1. The number of nitrogens with zero attached hydrogens (tertiary/aromatic N) is 1. The molecule has 1 aromatic rings. The molecule has 1 amide bonds. The number of carbonyl (C=O) groups excluding carboxylic acids is 1. The first-order chi connectivity index (χ1) is 10.9. The van der Waals surface area contributed by atoms with Crippen molar-refractivity contribution < 1.29 is 18.3 Å². The molecule has 1 aromatic heterocycles. The molecule has 2 aliphatic rings. The Morgan fingerprint density at radius 2 is 2.39 bits per heavy atom. The molecule has 2 atom stereocenters. The molecule has 3 heterocycles. The monoisotopic (exact) mass is 342 g/mol. The average Bonchev–Trinajstić information content (AvgIpc) is 2.95. The van der Waals surface area contributed by atoms with Crippen LogP contribution in [-0.2, 0) is 15.5 Å². The molecule has 126 valence electrons. The van der Waals surface area contributed by atoms with E-state index in [1.54, 1.807) is 6.07 Å². The summed E-state index contributed by atoms with van der Waals surface area (Å²) in [5.74, 6) is -3.01. The fraction of sp³-hybridized carbons (Fsp3) is 0.625. The van der Waals surface area contributed by atoms with Crippen molar-refractivity contribution in [2.24, 2.45) is 0 Å². The van der Waals surface area contributed by atoms with Crippen molar-refractivity contribution in [2.45, 2.75) is 43.8 Å². The number of carbonyl (C=O) groups is 1. The first-order valence-electron chi connectivity index (χ1n) is 7.76. The first kappa shape index (κ1) is 16.6. The molecule has 0 radical (unpaired) electrons. The lowest BCUT2D eigenvalue weighted by Gasteiger charge is -2.38. The zero-order chi connectivity index (χ0) is 16.5. The van der Waals surface area contributed by atoms with Crippen LogP contribution in [0.25, 0.3) is 0 Å². The molecule has 0 bridgehead atoms. The number of nitrogens with one attached hydrogen (secondary N) is 1. The SMILES string of the molecule is Cc1cccnc1C(F)(F)C(=O)N[C@@H]1CCO[C@@]2(CCSC2)C1. The Bertz CT molecular complexity index is 591. The summed E-state index contributed by atoms with van der Waals surface area (Å²) in [6.45, 7) is 2.03. The molecule has 2 fully saturated rings. The Morgan fingerprint density at radius 3 is 3.09 bits per heavy atom. The zero-order valence-electron chi connectivity index (χ0n) is 13.0. The van der Waals surface area contributed by atoms with E-state index in [1.165, 1.54) is 19.2 Å². The van der Waals surface area contributed by atoms with Gasteiger partial charge in [0.05, 0.1) is 5.60 Å². The van der Waals surface area contributed by atoms with Crippen molar-refractivity contribution in [1.29, 1.82) is 0 Å². The number of pyridine rings is 1. The molecule has 1 spiro atoms. The van der Waals surface area contributed by atoms with Crippen LogP contribution in [0.2, 0.25) is 0 Å². The van der Waals surface area contributed by atoms with E-state index in [0.29, 0.717) is 25.0 Å². The van der Waals surface area contributed by atoms with Crippen LogP contribution >= 0.6 is 11.8 Å². The number of amides is 1. The van der Waals surface area contributed by atoms with Gasteiger partial charge in [0, 0.05) is 24.6 Å². The number of thioether (sulfide) groups is 1. The highest BCUT2D eigenvalue weighted by Gasteiger charge is 2.46. The van der Waals surface area contributed by atoms with E-state index in [2.05, 4.69) is 10.3 Å². The molecule has 7 heteroatoms. The minimum absolute atomic E-state index is 0.253. The van der Waals surface area contributed by atoms with Gasteiger partial charge in [-0.05, 0) is 43.6 Å². The fourth-order valence-electron chi connectivity index (χ4n) is 3.21. The lowest BCUT2D eigenvalue weighted by atomic mass is 9.89. The molecule has 3 rings (SSSR count). The lowest BCUT2D eigenvalue weighted by Crippen LogP contribution is -2.51. The lowest BCUT2D eigenvalue weighted by molar-refractivity contribution is -0.150. The maximum absolute atomic E-state index is 14.4. The maximum atomic E-state index is 14.4. The minimum atomic E-state index is -3.62. The molecule has 0 unspecified atom stereocenters. The highest BCUT2D eigenvalue weighted by molar-refractivity contribution is 7.99. The third-order valence-corrected chi connectivity index (χ3v) is 5.71. The summed E-state index contributed by atoms with van der Waals surface area (Å²) in [5.41, 5.74) is -0.421. The van der Waals surface area contributed by atoms with Crippen LogP contribution < -0.4 is 5.32 Å². The molecule has 0 saturated carbocycles. The predicted molar refractivity (Wildman–Crippen MR) is 84.7 cm³/mol. The second kappa shape index (κ2) is 6.36. The molecular weight excluding hydrogens is 322 g/mol. The second-order valence-electron chi connectivity index (χ2n) is 6.24. The van der Waals surface area contributed by atoms with E-state index < -0.39 is 17.5 Å². The van der Waals surface area contributed by atoms with Gasteiger partial charge in [-0.2, -0.15) is 20.5 Å². The van der Waals surface area contributed by atoms with Gasteiger partial charge in [0.2, 0.25) is 0 Å². The summed E-state index contributed by atoms with van der Waals surface area (Å²) in [6.07, 6.45) is 3.36.